The van der Waals surface area contributed by atoms with Gasteiger partial charge < -0.3 is 14.8 Å². The highest BCUT2D eigenvalue weighted by Gasteiger charge is 2.12. The molecule has 0 saturated heterocycles. The summed E-state index contributed by atoms with van der Waals surface area (Å²) in [5, 5.41) is 3.12. The van der Waals surface area contributed by atoms with E-state index in [2.05, 4.69) is 10.3 Å². The summed E-state index contributed by atoms with van der Waals surface area (Å²) < 4.78 is 25.6. The van der Waals surface area contributed by atoms with Gasteiger partial charge in [-0.3, -0.25) is 14.2 Å². The molecule has 0 aliphatic carbocycles. The van der Waals surface area contributed by atoms with Gasteiger partial charge in [-0.25, -0.2) is 9.37 Å². The molecule has 1 amide bonds. The number of halogens is 2. The number of aromatic nitrogens is 2. The number of carbonyl (C=O) groups excluding carboxylic acids is 1. The number of hydrogen-bond acceptors (Lipinski definition) is 5. The summed E-state index contributed by atoms with van der Waals surface area (Å²) in [6, 6.07) is 7.23. The van der Waals surface area contributed by atoms with Gasteiger partial charge in [-0.05, 0) is 30.7 Å². The molecule has 9 heteroatoms. The van der Waals surface area contributed by atoms with Crippen molar-refractivity contribution in [1.82, 2.24) is 9.55 Å². The first kappa shape index (κ1) is 20.6. The normalized spacial score (nSPS) is 10.8. The molecular weight excluding hydrogens is 401 g/mol. The quantitative estimate of drug-likeness (QED) is 0.632. The van der Waals surface area contributed by atoms with Crippen molar-refractivity contribution >= 4 is 34.1 Å². The first-order chi connectivity index (χ1) is 13.9. The number of anilines is 1. The number of hydrogen-bond donors (Lipinski definition) is 1. The van der Waals surface area contributed by atoms with Crippen LogP contribution >= 0.6 is 11.6 Å². The van der Waals surface area contributed by atoms with E-state index in [1.54, 1.807) is 12.1 Å². The van der Waals surface area contributed by atoms with Crippen LogP contribution in [0.25, 0.3) is 10.9 Å². The molecule has 3 aromatic rings. The van der Waals surface area contributed by atoms with E-state index in [9.17, 15) is 14.0 Å². The molecule has 0 saturated carbocycles. The first-order valence-electron chi connectivity index (χ1n) is 8.79. The van der Waals surface area contributed by atoms with Gasteiger partial charge in [0.2, 0.25) is 5.91 Å². The van der Waals surface area contributed by atoms with Gasteiger partial charge in [-0.2, -0.15) is 0 Å². The van der Waals surface area contributed by atoms with E-state index in [1.165, 1.54) is 37.2 Å². The van der Waals surface area contributed by atoms with E-state index in [4.69, 9.17) is 21.1 Å². The van der Waals surface area contributed by atoms with E-state index in [0.717, 1.165) is 6.07 Å². The minimum atomic E-state index is -0.606. The predicted octanol–water partition coefficient (Wildman–Crippen LogP) is 3.63. The molecule has 1 aromatic heterocycles. The number of rotatable bonds is 7. The van der Waals surface area contributed by atoms with Crippen LogP contribution in [0.1, 0.15) is 12.8 Å². The van der Waals surface area contributed by atoms with Crippen LogP contribution in [0.2, 0.25) is 5.02 Å². The zero-order valence-electron chi connectivity index (χ0n) is 15.9. The molecule has 0 radical (unpaired) electrons. The van der Waals surface area contributed by atoms with E-state index < -0.39 is 5.82 Å². The second-order valence-corrected chi connectivity index (χ2v) is 6.68. The van der Waals surface area contributed by atoms with Gasteiger partial charge in [-0.15, -0.1) is 0 Å². The highest BCUT2D eigenvalue weighted by molar-refractivity contribution is 6.30. The average molecular weight is 420 g/mol. The molecule has 3 rings (SSSR count). The van der Waals surface area contributed by atoms with Crippen molar-refractivity contribution < 1.29 is 18.7 Å². The number of ether oxygens (including phenoxy) is 2. The van der Waals surface area contributed by atoms with Crippen molar-refractivity contribution in [2.45, 2.75) is 19.4 Å². The van der Waals surface area contributed by atoms with Crippen LogP contribution in [0.4, 0.5) is 10.1 Å². The molecule has 0 spiro atoms. The lowest BCUT2D eigenvalue weighted by molar-refractivity contribution is -0.116. The number of nitrogens with one attached hydrogen (secondary N) is 1. The largest absolute Gasteiger partial charge is 0.493 e. The second-order valence-electron chi connectivity index (χ2n) is 6.24. The minimum Gasteiger partial charge on any atom is -0.493 e. The fourth-order valence-corrected chi connectivity index (χ4v) is 3.02. The predicted molar refractivity (Wildman–Crippen MR) is 108 cm³/mol. The summed E-state index contributed by atoms with van der Waals surface area (Å²) in [6.07, 6.45) is 1.91. The average Bonchev–Trinajstić information content (AvgIpc) is 2.71. The molecule has 29 heavy (non-hydrogen) atoms. The van der Waals surface area contributed by atoms with Crippen LogP contribution in [0.15, 0.2) is 41.5 Å². The first-order valence-corrected chi connectivity index (χ1v) is 9.17. The Morgan fingerprint density at radius 2 is 1.93 bits per heavy atom. The Balaban J connectivity index is 1.68. The third kappa shape index (κ3) is 4.65. The van der Waals surface area contributed by atoms with Crippen LogP contribution in [0, 0.1) is 5.82 Å². The zero-order valence-corrected chi connectivity index (χ0v) is 16.6. The van der Waals surface area contributed by atoms with Crippen molar-refractivity contribution in [3.63, 3.8) is 0 Å². The molecule has 1 heterocycles. The Morgan fingerprint density at radius 1 is 1.21 bits per heavy atom. The van der Waals surface area contributed by atoms with E-state index in [1.807, 2.05) is 0 Å². The van der Waals surface area contributed by atoms with Crippen molar-refractivity contribution in [2.24, 2.45) is 0 Å². The van der Waals surface area contributed by atoms with E-state index in [0.29, 0.717) is 28.8 Å². The minimum absolute atomic E-state index is 0.0602. The topological polar surface area (TPSA) is 82.5 Å². The van der Waals surface area contributed by atoms with Crippen LogP contribution < -0.4 is 20.3 Å². The number of amides is 1. The SMILES string of the molecule is COc1cc2ncn(CCCC(=O)Nc3ccc(Cl)cc3F)c(=O)c2cc1OC. The summed E-state index contributed by atoms with van der Waals surface area (Å²) in [4.78, 5) is 29.0. The maximum Gasteiger partial charge on any atom is 0.261 e. The van der Waals surface area contributed by atoms with Crippen LogP contribution in [0.5, 0.6) is 11.5 Å². The summed E-state index contributed by atoms with van der Waals surface area (Å²) in [6.45, 7) is 0.284. The molecule has 0 unspecified atom stereocenters. The van der Waals surface area contributed by atoms with Crippen molar-refractivity contribution in [2.75, 3.05) is 19.5 Å². The molecule has 1 N–H and O–H groups in total. The highest BCUT2D eigenvalue weighted by Crippen LogP contribution is 2.29. The van der Waals surface area contributed by atoms with Gasteiger partial charge in [0.25, 0.3) is 5.56 Å². The van der Waals surface area contributed by atoms with Crippen molar-refractivity contribution in [3.05, 3.63) is 57.9 Å². The summed E-state index contributed by atoms with van der Waals surface area (Å²) in [5.41, 5.74) is 0.296. The number of aryl methyl sites for hydroxylation is 1. The van der Waals surface area contributed by atoms with E-state index >= 15 is 0 Å². The maximum absolute atomic E-state index is 13.7. The smallest absolute Gasteiger partial charge is 0.261 e. The Bertz CT molecular complexity index is 1120. The molecule has 0 atom stereocenters. The fraction of sp³-hybridized carbons (Fsp3) is 0.250. The molecule has 0 fully saturated rings. The van der Waals surface area contributed by atoms with Gasteiger partial charge in [-0.1, -0.05) is 11.6 Å². The van der Waals surface area contributed by atoms with Gasteiger partial charge >= 0.3 is 0 Å². The maximum atomic E-state index is 13.7. The van der Waals surface area contributed by atoms with Gasteiger partial charge in [0.15, 0.2) is 11.5 Å². The Kier molecular flexibility index (Phi) is 6.33. The van der Waals surface area contributed by atoms with Crippen molar-refractivity contribution in [1.29, 1.82) is 0 Å². The van der Waals surface area contributed by atoms with Gasteiger partial charge in [0.1, 0.15) is 5.82 Å². The molecule has 0 bridgehead atoms. The number of nitrogens with zero attached hydrogens (tertiary/aromatic N) is 2. The monoisotopic (exact) mass is 419 g/mol. The third-order valence-corrected chi connectivity index (χ3v) is 4.57. The standard InChI is InChI=1S/C20H19ClFN3O4/c1-28-17-9-13-16(10-18(17)29-2)23-11-25(20(13)27)7-3-4-19(26)24-15-6-5-12(21)8-14(15)22/h5-6,8-11H,3-4,7H2,1-2H3,(H,24,26). The van der Waals surface area contributed by atoms with E-state index in [-0.39, 0.29) is 35.1 Å². The Labute approximate surface area is 171 Å². The number of carbonyl (C=O) groups is 1. The second kappa shape index (κ2) is 8.91. The van der Waals surface area contributed by atoms with Gasteiger partial charge in [0, 0.05) is 24.1 Å². The molecule has 152 valence electrons. The number of fused-ring (bicyclic) bond motifs is 1. The molecular formula is C20H19ClFN3O4. The molecule has 2 aromatic carbocycles. The molecule has 7 nitrogen and oxygen atoms in total. The Hall–Kier alpha value is -3.13. The van der Waals surface area contributed by atoms with Crippen LogP contribution in [0.3, 0.4) is 0 Å². The lowest BCUT2D eigenvalue weighted by Gasteiger charge is -2.11. The lowest BCUT2D eigenvalue weighted by atomic mass is 10.2. The number of benzene rings is 2. The summed E-state index contributed by atoms with van der Waals surface area (Å²) >= 11 is 5.69. The third-order valence-electron chi connectivity index (χ3n) is 4.34. The van der Waals surface area contributed by atoms with Crippen LogP contribution in [-0.2, 0) is 11.3 Å². The Morgan fingerprint density at radius 3 is 2.62 bits per heavy atom. The van der Waals surface area contributed by atoms with Gasteiger partial charge in [0.05, 0.1) is 37.1 Å². The van der Waals surface area contributed by atoms with Crippen molar-refractivity contribution in [3.8, 4) is 11.5 Å². The fourth-order valence-electron chi connectivity index (χ4n) is 2.86. The summed E-state index contributed by atoms with van der Waals surface area (Å²) in [5.74, 6) is -0.0543. The number of methoxy groups -OCH3 is 2. The molecule has 0 aliphatic rings. The highest BCUT2D eigenvalue weighted by atomic mass is 35.5. The lowest BCUT2D eigenvalue weighted by Crippen LogP contribution is -2.22. The molecule has 0 aliphatic heterocycles. The zero-order chi connectivity index (χ0) is 21.0. The summed E-state index contributed by atoms with van der Waals surface area (Å²) in [7, 11) is 2.99. The van der Waals surface area contributed by atoms with Crippen LogP contribution in [-0.4, -0.2) is 29.7 Å².